The van der Waals surface area contributed by atoms with Gasteiger partial charge in [-0.15, -0.1) is 0 Å². The van der Waals surface area contributed by atoms with E-state index in [0.717, 1.165) is 18.4 Å². The van der Waals surface area contributed by atoms with Gasteiger partial charge in [0.05, 0.1) is 4.92 Å². The van der Waals surface area contributed by atoms with Crippen molar-refractivity contribution < 1.29 is 4.92 Å². The van der Waals surface area contributed by atoms with E-state index in [1.54, 1.807) is 12.3 Å². The van der Waals surface area contributed by atoms with Gasteiger partial charge >= 0.3 is 0 Å². The number of pyridine rings is 1. The van der Waals surface area contributed by atoms with Crippen LogP contribution in [0, 0.1) is 10.1 Å². The van der Waals surface area contributed by atoms with E-state index < -0.39 is 0 Å². The Balaban J connectivity index is 2.79. The van der Waals surface area contributed by atoms with E-state index >= 15 is 0 Å². The van der Waals surface area contributed by atoms with Gasteiger partial charge in [0, 0.05) is 16.6 Å². The summed E-state index contributed by atoms with van der Waals surface area (Å²) in [6.07, 6.45) is 5.65. The van der Waals surface area contributed by atoms with Crippen LogP contribution in [0.15, 0.2) is 18.5 Å². The van der Waals surface area contributed by atoms with Crippen molar-refractivity contribution in [3.8, 4) is 0 Å². The number of hydrogen-bond donors (Lipinski definition) is 0. The summed E-state index contributed by atoms with van der Waals surface area (Å²) in [6.45, 7) is 2.09. The van der Waals surface area contributed by atoms with Crippen LogP contribution in [-0.2, 0) is 6.42 Å². The van der Waals surface area contributed by atoms with Gasteiger partial charge in [-0.1, -0.05) is 29.3 Å². The summed E-state index contributed by atoms with van der Waals surface area (Å²) >= 11 is 3.52. The van der Waals surface area contributed by atoms with Crippen molar-refractivity contribution in [1.82, 2.24) is 4.98 Å². The van der Waals surface area contributed by atoms with Gasteiger partial charge in [0.25, 0.3) is 5.69 Å². The van der Waals surface area contributed by atoms with Crippen LogP contribution in [0.4, 0.5) is 5.69 Å². The van der Waals surface area contributed by atoms with Crippen LogP contribution < -0.4 is 0 Å². The molecule has 0 radical (unpaired) electrons. The molecule has 0 amide bonds. The SMILES string of the molecule is CCCC(Br)Cc1ccncc1[N+](=O)[O-]. The average molecular weight is 273 g/mol. The highest BCUT2D eigenvalue weighted by molar-refractivity contribution is 9.09. The van der Waals surface area contributed by atoms with Gasteiger partial charge in [0.2, 0.25) is 0 Å². The summed E-state index contributed by atoms with van der Waals surface area (Å²) in [7, 11) is 0. The zero-order valence-electron chi connectivity index (χ0n) is 8.52. The first-order valence-electron chi connectivity index (χ1n) is 4.86. The summed E-state index contributed by atoms with van der Waals surface area (Å²) in [5.74, 6) is 0. The monoisotopic (exact) mass is 272 g/mol. The van der Waals surface area contributed by atoms with E-state index in [4.69, 9.17) is 0 Å². The topological polar surface area (TPSA) is 56.0 Å². The standard InChI is InChI=1S/C10H13BrN2O2/c1-2-3-9(11)6-8-4-5-12-7-10(8)13(14)15/h4-5,7,9H,2-3,6H2,1H3. The summed E-state index contributed by atoms with van der Waals surface area (Å²) in [6, 6.07) is 1.71. The van der Waals surface area contributed by atoms with Gasteiger partial charge in [-0.3, -0.25) is 15.1 Å². The first kappa shape index (κ1) is 12.1. The second kappa shape index (κ2) is 5.80. The number of halogens is 1. The zero-order chi connectivity index (χ0) is 11.3. The molecule has 4 nitrogen and oxygen atoms in total. The van der Waals surface area contributed by atoms with Gasteiger partial charge in [-0.2, -0.15) is 0 Å². The summed E-state index contributed by atoms with van der Waals surface area (Å²) in [5.41, 5.74) is 0.850. The molecule has 0 aliphatic carbocycles. The molecule has 0 spiro atoms. The van der Waals surface area contributed by atoms with Crippen molar-refractivity contribution in [1.29, 1.82) is 0 Å². The molecular formula is C10H13BrN2O2. The maximum absolute atomic E-state index is 10.7. The fraction of sp³-hybridized carbons (Fsp3) is 0.500. The summed E-state index contributed by atoms with van der Waals surface area (Å²) in [5, 5.41) is 10.7. The third-order valence-corrected chi connectivity index (χ3v) is 2.91. The first-order valence-corrected chi connectivity index (χ1v) is 5.78. The predicted molar refractivity (Wildman–Crippen MR) is 62.2 cm³/mol. The maximum atomic E-state index is 10.7. The Kier molecular flexibility index (Phi) is 4.68. The van der Waals surface area contributed by atoms with Crippen LogP contribution >= 0.6 is 15.9 Å². The lowest BCUT2D eigenvalue weighted by Crippen LogP contribution is -2.05. The van der Waals surface area contributed by atoms with Crippen LogP contribution in [0.3, 0.4) is 0 Å². The van der Waals surface area contributed by atoms with Gasteiger partial charge < -0.3 is 0 Å². The lowest BCUT2D eigenvalue weighted by Gasteiger charge is -2.07. The highest BCUT2D eigenvalue weighted by atomic mass is 79.9. The molecule has 82 valence electrons. The molecule has 0 N–H and O–H groups in total. The maximum Gasteiger partial charge on any atom is 0.290 e. The molecule has 1 heterocycles. The second-order valence-electron chi connectivity index (χ2n) is 3.35. The van der Waals surface area contributed by atoms with E-state index in [-0.39, 0.29) is 10.6 Å². The fourth-order valence-corrected chi connectivity index (χ4v) is 2.21. The molecule has 0 aliphatic heterocycles. The minimum absolute atomic E-state index is 0.109. The van der Waals surface area contributed by atoms with E-state index in [1.807, 2.05) is 0 Å². The van der Waals surface area contributed by atoms with E-state index in [9.17, 15) is 10.1 Å². The highest BCUT2D eigenvalue weighted by Crippen LogP contribution is 2.22. The number of nitro groups is 1. The number of hydrogen-bond acceptors (Lipinski definition) is 3. The lowest BCUT2D eigenvalue weighted by atomic mass is 10.1. The summed E-state index contributed by atoms with van der Waals surface area (Å²) < 4.78 is 0. The van der Waals surface area contributed by atoms with Gasteiger partial charge in [0.15, 0.2) is 0 Å². The van der Waals surface area contributed by atoms with Gasteiger partial charge in [-0.25, -0.2) is 0 Å². The van der Waals surface area contributed by atoms with Crippen molar-refractivity contribution in [3.63, 3.8) is 0 Å². The van der Waals surface area contributed by atoms with Crippen molar-refractivity contribution in [3.05, 3.63) is 34.1 Å². The van der Waals surface area contributed by atoms with Gasteiger partial charge in [0.1, 0.15) is 6.20 Å². The second-order valence-corrected chi connectivity index (χ2v) is 4.65. The smallest absolute Gasteiger partial charge is 0.258 e. The number of rotatable bonds is 5. The van der Waals surface area contributed by atoms with Crippen molar-refractivity contribution in [2.24, 2.45) is 0 Å². The molecule has 0 aliphatic rings. The van der Waals surface area contributed by atoms with Crippen LogP contribution in [-0.4, -0.2) is 14.7 Å². The average Bonchev–Trinajstić information content (AvgIpc) is 2.18. The number of nitrogens with zero attached hydrogens (tertiary/aromatic N) is 2. The lowest BCUT2D eigenvalue weighted by molar-refractivity contribution is -0.385. The van der Waals surface area contributed by atoms with E-state index in [2.05, 4.69) is 27.8 Å². The minimum atomic E-state index is -0.381. The van der Waals surface area contributed by atoms with Crippen LogP contribution in [0.1, 0.15) is 25.3 Å². The third kappa shape index (κ3) is 3.58. The van der Waals surface area contributed by atoms with E-state index in [1.165, 1.54) is 6.20 Å². The molecule has 0 aromatic carbocycles. The first-order chi connectivity index (χ1) is 7.15. The van der Waals surface area contributed by atoms with Crippen molar-refractivity contribution in [2.45, 2.75) is 31.0 Å². The molecule has 1 atom stereocenters. The van der Waals surface area contributed by atoms with Crippen LogP contribution in [0.2, 0.25) is 0 Å². The Labute approximate surface area is 97.0 Å². The molecule has 0 saturated heterocycles. The number of aromatic nitrogens is 1. The fourth-order valence-electron chi connectivity index (χ4n) is 1.41. The van der Waals surface area contributed by atoms with Crippen molar-refractivity contribution >= 4 is 21.6 Å². The predicted octanol–water partition coefficient (Wildman–Crippen LogP) is 3.10. The molecule has 1 aromatic rings. The molecule has 0 bridgehead atoms. The molecule has 0 saturated carbocycles. The zero-order valence-corrected chi connectivity index (χ0v) is 10.1. The molecule has 15 heavy (non-hydrogen) atoms. The Morgan fingerprint density at radius 1 is 1.67 bits per heavy atom. The van der Waals surface area contributed by atoms with Crippen LogP contribution in [0.25, 0.3) is 0 Å². The molecule has 5 heteroatoms. The Morgan fingerprint density at radius 2 is 2.40 bits per heavy atom. The van der Waals surface area contributed by atoms with Gasteiger partial charge in [-0.05, 0) is 18.9 Å². The minimum Gasteiger partial charge on any atom is -0.258 e. The molecule has 1 rings (SSSR count). The normalized spacial score (nSPS) is 12.4. The molecular weight excluding hydrogens is 260 g/mol. The largest absolute Gasteiger partial charge is 0.290 e. The van der Waals surface area contributed by atoms with Crippen LogP contribution in [0.5, 0.6) is 0 Å². The third-order valence-electron chi connectivity index (χ3n) is 2.13. The Hall–Kier alpha value is -0.970. The molecule has 1 unspecified atom stereocenters. The van der Waals surface area contributed by atoms with Crippen molar-refractivity contribution in [2.75, 3.05) is 0 Å². The molecule has 0 fully saturated rings. The Bertz CT molecular complexity index is 344. The Morgan fingerprint density at radius 3 is 3.00 bits per heavy atom. The van der Waals surface area contributed by atoms with E-state index in [0.29, 0.717) is 11.2 Å². The summed E-state index contributed by atoms with van der Waals surface area (Å²) in [4.78, 5) is 14.4. The molecule has 1 aromatic heterocycles. The quantitative estimate of drug-likeness (QED) is 0.470. The number of alkyl halides is 1. The highest BCUT2D eigenvalue weighted by Gasteiger charge is 2.15.